The van der Waals surface area contributed by atoms with E-state index in [4.69, 9.17) is 5.73 Å². The first kappa shape index (κ1) is 23.3. The minimum atomic E-state index is -0.449. The molecule has 3 unspecified atom stereocenters. The summed E-state index contributed by atoms with van der Waals surface area (Å²) in [5.74, 6) is -1.27. The number of carbonyl (C=O) groups excluding carboxylic acids is 3. The molecule has 3 N–H and O–H groups in total. The maximum Gasteiger partial charge on any atom is 0.251 e. The van der Waals surface area contributed by atoms with E-state index in [1.807, 2.05) is 12.1 Å². The monoisotopic (exact) mass is 428 g/mol. The molecule has 0 bridgehead atoms. The molecule has 0 aromatic heterocycles. The zero-order valence-corrected chi connectivity index (χ0v) is 19.2. The molecule has 3 atom stereocenters. The third-order valence-electron chi connectivity index (χ3n) is 6.97. The second kappa shape index (κ2) is 9.39. The number of hydrogen-bond acceptors (Lipinski definition) is 4. The molecule has 31 heavy (non-hydrogen) atoms. The molecule has 170 valence electrons. The number of primary amides is 1. The Labute approximate surface area is 185 Å². The van der Waals surface area contributed by atoms with E-state index in [2.05, 4.69) is 36.4 Å². The lowest BCUT2D eigenvalue weighted by molar-refractivity contribution is -0.136. The molecule has 2 aliphatic rings. The van der Waals surface area contributed by atoms with Crippen molar-refractivity contribution in [1.29, 1.82) is 0 Å². The standard InChI is InChI=1S/C24H36N4O3/c1-27(2)14-13-24(11-12-24)18-8-5-16(6-9-18)22(30)26-20-15-17(23(31)28(3)4)7-10-19(20)21(25)29/h5-6,8-9,17,19-20H,7,10-15H2,1-4H3,(H2,25,29)(H,26,30). The topological polar surface area (TPSA) is 95.7 Å². The largest absolute Gasteiger partial charge is 0.369 e. The first-order valence-corrected chi connectivity index (χ1v) is 11.2. The van der Waals surface area contributed by atoms with Gasteiger partial charge in [0.2, 0.25) is 11.8 Å². The molecular formula is C24H36N4O3. The maximum absolute atomic E-state index is 12.9. The van der Waals surface area contributed by atoms with Gasteiger partial charge in [0, 0.05) is 31.6 Å². The van der Waals surface area contributed by atoms with Crippen molar-refractivity contribution in [2.45, 2.75) is 50.0 Å². The maximum atomic E-state index is 12.9. The molecule has 3 rings (SSSR count). The van der Waals surface area contributed by atoms with Gasteiger partial charge < -0.3 is 20.9 Å². The Bertz CT molecular complexity index is 815. The van der Waals surface area contributed by atoms with Gasteiger partial charge in [0.15, 0.2) is 0 Å². The highest BCUT2D eigenvalue weighted by Gasteiger charge is 2.43. The Kier molecular flexibility index (Phi) is 7.04. The summed E-state index contributed by atoms with van der Waals surface area (Å²) < 4.78 is 0. The average Bonchev–Trinajstić information content (AvgIpc) is 3.52. The first-order chi connectivity index (χ1) is 14.6. The van der Waals surface area contributed by atoms with Crippen molar-refractivity contribution in [1.82, 2.24) is 15.1 Å². The van der Waals surface area contributed by atoms with E-state index >= 15 is 0 Å². The SMILES string of the molecule is CN(C)CCC1(c2ccc(C(=O)NC3CC(C(=O)N(C)C)CCC3C(N)=O)cc2)CC1. The minimum absolute atomic E-state index is 0.0268. The normalized spacial score (nSPS) is 24.5. The van der Waals surface area contributed by atoms with Gasteiger partial charge in [-0.2, -0.15) is 0 Å². The predicted molar refractivity (Wildman–Crippen MR) is 120 cm³/mol. The quantitative estimate of drug-likeness (QED) is 0.659. The number of carbonyl (C=O) groups is 3. The van der Waals surface area contributed by atoms with Crippen LogP contribution in [0.5, 0.6) is 0 Å². The molecule has 7 nitrogen and oxygen atoms in total. The number of nitrogens with one attached hydrogen (secondary N) is 1. The highest BCUT2D eigenvalue weighted by atomic mass is 16.2. The molecule has 0 heterocycles. The molecule has 0 saturated heterocycles. The second-order valence-electron chi connectivity index (χ2n) is 9.74. The Morgan fingerprint density at radius 1 is 1.06 bits per heavy atom. The van der Waals surface area contributed by atoms with Crippen LogP contribution in [0.4, 0.5) is 0 Å². The van der Waals surface area contributed by atoms with Gasteiger partial charge >= 0.3 is 0 Å². The summed E-state index contributed by atoms with van der Waals surface area (Å²) in [6.45, 7) is 1.05. The van der Waals surface area contributed by atoms with Crippen LogP contribution in [-0.4, -0.2) is 68.3 Å². The molecule has 0 radical (unpaired) electrons. The molecule has 1 aromatic rings. The zero-order chi connectivity index (χ0) is 22.8. The van der Waals surface area contributed by atoms with E-state index in [0.717, 1.165) is 13.0 Å². The minimum Gasteiger partial charge on any atom is -0.369 e. The van der Waals surface area contributed by atoms with Crippen molar-refractivity contribution < 1.29 is 14.4 Å². The van der Waals surface area contributed by atoms with Gasteiger partial charge in [-0.1, -0.05) is 12.1 Å². The number of nitrogens with two attached hydrogens (primary N) is 1. The number of hydrogen-bond donors (Lipinski definition) is 2. The summed E-state index contributed by atoms with van der Waals surface area (Å²) in [5, 5.41) is 2.99. The molecule has 3 amide bonds. The van der Waals surface area contributed by atoms with Crippen LogP contribution in [0.1, 0.15) is 54.4 Å². The second-order valence-corrected chi connectivity index (χ2v) is 9.74. The van der Waals surface area contributed by atoms with E-state index in [-0.39, 0.29) is 23.1 Å². The van der Waals surface area contributed by atoms with Crippen LogP contribution in [0.25, 0.3) is 0 Å². The van der Waals surface area contributed by atoms with Crippen molar-refractivity contribution in [3.05, 3.63) is 35.4 Å². The average molecular weight is 429 g/mol. The molecule has 0 spiro atoms. The molecule has 2 saturated carbocycles. The Hall–Kier alpha value is -2.41. The van der Waals surface area contributed by atoms with E-state index < -0.39 is 17.9 Å². The predicted octanol–water partition coefficient (Wildman–Crippen LogP) is 1.76. The van der Waals surface area contributed by atoms with Crippen molar-refractivity contribution in [2.24, 2.45) is 17.6 Å². The lowest BCUT2D eigenvalue weighted by Gasteiger charge is -2.35. The number of nitrogens with zero attached hydrogens (tertiary/aromatic N) is 2. The van der Waals surface area contributed by atoms with E-state index in [0.29, 0.717) is 24.8 Å². The van der Waals surface area contributed by atoms with Gasteiger partial charge in [0.25, 0.3) is 5.91 Å². The molecular weight excluding hydrogens is 392 g/mol. The molecule has 2 aliphatic carbocycles. The molecule has 0 aliphatic heterocycles. The van der Waals surface area contributed by atoms with Crippen LogP contribution < -0.4 is 11.1 Å². The van der Waals surface area contributed by atoms with Gasteiger partial charge in [-0.05, 0) is 82.3 Å². The summed E-state index contributed by atoms with van der Waals surface area (Å²) in [5.41, 5.74) is 7.69. The van der Waals surface area contributed by atoms with E-state index in [9.17, 15) is 14.4 Å². The fourth-order valence-electron chi connectivity index (χ4n) is 4.76. The first-order valence-electron chi connectivity index (χ1n) is 11.2. The van der Waals surface area contributed by atoms with Crippen molar-refractivity contribution in [2.75, 3.05) is 34.7 Å². The Morgan fingerprint density at radius 2 is 1.71 bits per heavy atom. The van der Waals surface area contributed by atoms with Crippen molar-refractivity contribution in [3.8, 4) is 0 Å². The van der Waals surface area contributed by atoms with Crippen LogP contribution in [0.3, 0.4) is 0 Å². The summed E-state index contributed by atoms with van der Waals surface area (Å²) in [6.07, 6.45) is 5.06. The van der Waals surface area contributed by atoms with Crippen LogP contribution in [0.15, 0.2) is 24.3 Å². The molecule has 2 fully saturated rings. The fraction of sp³-hybridized carbons (Fsp3) is 0.625. The lowest BCUT2D eigenvalue weighted by atomic mass is 9.77. The van der Waals surface area contributed by atoms with Crippen LogP contribution in [0.2, 0.25) is 0 Å². The third kappa shape index (κ3) is 5.45. The zero-order valence-electron chi connectivity index (χ0n) is 19.2. The number of amides is 3. The lowest BCUT2D eigenvalue weighted by Crippen LogP contribution is -2.50. The van der Waals surface area contributed by atoms with Crippen LogP contribution in [-0.2, 0) is 15.0 Å². The van der Waals surface area contributed by atoms with Gasteiger partial charge in [-0.3, -0.25) is 14.4 Å². The summed E-state index contributed by atoms with van der Waals surface area (Å²) in [7, 11) is 7.63. The van der Waals surface area contributed by atoms with Crippen molar-refractivity contribution in [3.63, 3.8) is 0 Å². The van der Waals surface area contributed by atoms with Crippen molar-refractivity contribution >= 4 is 17.7 Å². The van der Waals surface area contributed by atoms with E-state index in [1.54, 1.807) is 19.0 Å². The summed E-state index contributed by atoms with van der Waals surface area (Å²) >= 11 is 0. The van der Waals surface area contributed by atoms with Gasteiger partial charge in [-0.15, -0.1) is 0 Å². The fourth-order valence-corrected chi connectivity index (χ4v) is 4.76. The van der Waals surface area contributed by atoms with E-state index in [1.165, 1.54) is 18.4 Å². The Morgan fingerprint density at radius 3 is 2.23 bits per heavy atom. The third-order valence-corrected chi connectivity index (χ3v) is 6.97. The van der Waals surface area contributed by atoms with Gasteiger partial charge in [0.1, 0.15) is 0 Å². The smallest absolute Gasteiger partial charge is 0.251 e. The van der Waals surface area contributed by atoms with Gasteiger partial charge in [0.05, 0.1) is 5.92 Å². The molecule has 1 aromatic carbocycles. The number of rotatable bonds is 8. The van der Waals surface area contributed by atoms with Crippen LogP contribution >= 0.6 is 0 Å². The number of benzene rings is 1. The Balaban J connectivity index is 1.67. The summed E-state index contributed by atoms with van der Waals surface area (Å²) in [4.78, 5) is 41.0. The highest BCUT2D eigenvalue weighted by molar-refractivity contribution is 5.95. The highest BCUT2D eigenvalue weighted by Crippen LogP contribution is 2.51. The van der Waals surface area contributed by atoms with Gasteiger partial charge in [-0.25, -0.2) is 0 Å². The summed E-state index contributed by atoms with van der Waals surface area (Å²) in [6, 6.07) is 7.42. The van der Waals surface area contributed by atoms with Crippen LogP contribution in [0, 0.1) is 11.8 Å². The molecule has 7 heteroatoms.